The number of aliphatic hydroxyl groups excluding tert-OH is 1. The number of hydrogen-bond acceptors (Lipinski definition) is 3. The molecule has 0 aliphatic rings. The lowest BCUT2D eigenvalue weighted by Gasteiger charge is -2.08. The minimum absolute atomic E-state index is 0.0802. The predicted octanol–water partition coefficient (Wildman–Crippen LogP) is 2.38. The highest BCUT2D eigenvalue weighted by atomic mass is 16.5. The Labute approximate surface area is 123 Å². The number of carbonyl (C=O) groups is 1. The zero-order chi connectivity index (χ0) is 14.9. The van der Waals surface area contributed by atoms with Crippen LogP contribution < -0.4 is 15.4 Å². The molecule has 2 aromatic carbocycles. The number of benzene rings is 2. The Morgan fingerprint density at radius 2 is 1.76 bits per heavy atom. The van der Waals surface area contributed by atoms with Gasteiger partial charge >= 0.3 is 6.03 Å². The molecule has 2 aromatic rings. The molecule has 0 heterocycles. The SMILES string of the molecule is O=C(NCCO)Nc1ccc(COc2ccccc2)cc1. The topological polar surface area (TPSA) is 70.6 Å². The van der Waals surface area contributed by atoms with Gasteiger partial charge in [0, 0.05) is 12.2 Å². The average Bonchev–Trinajstić information content (AvgIpc) is 2.53. The number of aliphatic hydroxyl groups is 1. The first kappa shape index (κ1) is 14.9. The third kappa shape index (κ3) is 5.16. The number of rotatable bonds is 6. The Hall–Kier alpha value is -2.53. The van der Waals surface area contributed by atoms with Crippen LogP contribution >= 0.6 is 0 Å². The first-order chi connectivity index (χ1) is 10.3. The van der Waals surface area contributed by atoms with E-state index in [-0.39, 0.29) is 19.2 Å². The summed E-state index contributed by atoms with van der Waals surface area (Å²) in [6, 6.07) is 16.7. The molecule has 0 aromatic heterocycles. The van der Waals surface area contributed by atoms with Crippen LogP contribution in [0.3, 0.4) is 0 Å². The van der Waals surface area contributed by atoms with Gasteiger partial charge in [-0.3, -0.25) is 0 Å². The van der Waals surface area contributed by atoms with Gasteiger partial charge in [-0.1, -0.05) is 30.3 Å². The van der Waals surface area contributed by atoms with Gasteiger partial charge in [-0.25, -0.2) is 4.79 Å². The number of para-hydroxylation sites is 1. The lowest BCUT2D eigenvalue weighted by molar-refractivity contribution is 0.245. The molecule has 2 amide bonds. The minimum atomic E-state index is -0.336. The van der Waals surface area contributed by atoms with Gasteiger partial charge in [0.05, 0.1) is 6.61 Å². The molecule has 0 radical (unpaired) electrons. The summed E-state index contributed by atoms with van der Waals surface area (Å²) in [6.45, 7) is 0.624. The molecule has 0 spiro atoms. The monoisotopic (exact) mass is 286 g/mol. The fourth-order valence-electron chi connectivity index (χ4n) is 1.71. The second-order valence-electron chi connectivity index (χ2n) is 4.40. The molecule has 0 atom stereocenters. The summed E-state index contributed by atoms with van der Waals surface area (Å²) in [5.74, 6) is 0.822. The van der Waals surface area contributed by atoms with Crippen LogP contribution in [-0.2, 0) is 6.61 Å². The van der Waals surface area contributed by atoms with Gasteiger partial charge < -0.3 is 20.5 Å². The van der Waals surface area contributed by atoms with Gasteiger partial charge in [0.25, 0.3) is 0 Å². The van der Waals surface area contributed by atoms with Crippen molar-refractivity contribution >= 4 is 11.7 Å². The van der Waals surface area contributed by atoms with Crippen molar-refractivity contribution in [1.82, 2.24) is 5.32 Å². The fraction of sp³-hybridized carbons (Fsp3) is 0.188. The average molecular weight is 286 g/mol. The van der Waals surface area contributed by atoms with Gasteiger partial charge in [-0.15, -0.1) is 0 Å². The van der Waals surface area contributed by atoms with E-state index >= 15 is 0 Å². The van der Waals surface area contributed by atoms with E-state index in [1.54, 1.807) is 0 Å². The van der Waals surface area contributed by atoms with E-state index in [1.165, 1.54) is 0 Å². The van der Waals surface area contributed by atoms with Crippen molar-refractivity contribution in [3.8, 4) is 5.75 Å². The van der Waals surface area contributed by atoms with Crippen molar-refractivity contribution in [2.45, 2.75) is 6.61 Å². The van der Waals surface area contributed by atoms with Crippen LogP contribution in [-0.4, -0.2) is 24.3 Å². The van der Waals surface area contributed by atoms with Crippen LogP contribution in [0.2, 0.25) is 0 Å². The van der Waals surface area contributed by atoms with E-state index in [1.807, 2.05) is 54.6 Å². The van der Waals surface area contributed by atoms with E-state index < -0.39 is 0 Å². The second-order valence-corrected chi connectivity index (χ2v) is 4.40. The third-order valence-electron chi connectivity index (χ3n) is 2.76. The standard InChI is InChI=1S/C16H18N2O3/c19-11-10-17-16(20)18-14-8-6-13(7-9-14)12-21-15-4-2-1-3-5-15/h1-9,19H,10-12H2,(H2,17,18,20). The Bertz CT molecular complexity index is 555. The zero-order valence-corrected chi connectivity index (χ0v) is 11.6. The summed E-state index contributed by atoms with van der Waals surface area (Å²) in [4.78, 5) is 11.4. The minimum Gasteiger partial charge on any atom is -0.489 e. The van der Waals surface area contributed by atoms with Crippen LogP contribution in [0.25, 0.3) is 0 Å². The number of carbonyl (C=O) groups excluding carboxylic acids is 1. The quantitative estimate of drug-likeness (QED) is 0.763. The number of hydrogen-bond donors (Lipinski definition) is 3. The van der Waals surface area contributed by atoms with Crippen LogP contribution in [0.4, 0.5) is 10.5 Å². The summed E-state index contributed by atoms with van der Waals surface area (Å²) in [6.07, 6.45) is 0. The van der Waals surface area contributed by atoms with Gasteiger partial charge in [0.15, 0.2) is 0 Å². The van der Waals surface area contributed by atoms with Crippen LogP contribution in [0, 0.1) is 0 Å². The van der Waals surface area contributed by atoms with Gasteiger partial charge in [0.2, 0.25) is 0 Å². The molecular weight excluding hydrogens is 268 g/mol. The van der Waals surface area contributed by atoms with E-state index in [4.69, 9.17) is 9.84 Å². The van der Waals surface area contributed by atoms with Crippen molar-refractivity contribution in [2.75, 3.05) is 18.5 Å². The molecule has 0 fully saturated rings. The number of anilines is 1. The van der Waals surface area contributed by atoms with E-state index in [0.717, 1.165) is 11.3 Å². The molecule has 0 aliphatic carbocycles. The van der Waals surface area contributed by atoms with Crippen molar-refractivity contribution in [1.29, 1.82) is 0 Å². The molecule has 0 saturated carbocycles. The van der Waals surface area contributed by atoms with Gasteiger partial charge in [-0.2, -0.15) is 0 Å². The highest BCUT2D eigenvalue weighted by Gasteiger charge is 2.01. The van der Waals surface area contributed by atoms with E-state index in [2.05, 4.69) is 10.6 Å². The molecule has 110 valence electrons. The van der Waals surface area contributed by atoms with Crippen LogP contribution in [0.1, 0.15) is 5.56 Å². The van der Waals surface area contributed by atoms with E-state index in [9.17, 15) is 4.79 Å². The summed E-state index contributed by atoms with van der Waals surface area (Å²) >= 11 is 0. The second kappa shape index (κ2) is 7.91. The maximum atomic E-state index is 11.4. The summed E-state index contributed by atoms with van der Waals surface area (Å²) < 4.78 is 5.64. The largest absolute Gasteiger partial charge is 0.489 e. The zero-order valence-electron chi connectivity index (χ0n) is 11.6. The Morgan fingerprint density at radius 1 is 1.05 bits per heavy atom. The maximum Gasteiger partial charge on any atom is 0.319 e. The molecule has 0 unspecified atom stereocenters. The normalized spacial score (nSPS) is 9.95. The molecule has 5 nitrogen and oxygen atoms in total. The Kier molecular flexibility index (Phi) is 5.60. The molecule has 0 saturated heterocycles. The van der Waals surface area contributed by atoms with Crippen LogP contribution in [0.5, 0.6) is 5.75 Å². The van der Waals surface area contributed by atoms with Crippen LogP contribution in [0.15, 0.2) is 54.6 Å². The Balaban J connectivity index is 1.83. The molecule has 21 heavy (non-hydrogen) atoms. The molecule has 0 aliphatic heterocycles. The number of urea groups is 1. The van der Waals surface area contributed by atoms with Gasteiger partial charge in [-0.05, 0) is 29.8 Å². The van der Waals surface area contributed by atoms with Crippen molar-refractivity contribution in [2.24, 2.45) is 0 Å². The summed E-state index contributed by atoms with van der Waals surface area (Å²) in [7, 11) is 0. The lowest BCUT2D eigenvalue weighted by atomic mass is 10.2. The molecule has 3 N–H and O–H groups in total. The highest BCUT2D eigenvalue weighted by molar-refractivity contribution is 5.89. The number of nitrogens with one attached hydrogen (secondary N) is 2. The summed E-state index contributed by atoms with van der Waals surface area (Å²) in [5, 5.41) is 13.8. The molecule has 2 rings (SSSR count). The lowest BCUT2D eigenvalue weighted by Crippen LogP contribution is -2.30. The van der Waals surface area contributed by atoms with Crippen molar-refractivity contribution in [3.05, 3.63) is 60.2 Å². The van der Waals surface area contributed by atoms with E-state index in [0.29, 0.717) is 12.3 Å². The highest BCUT2D eigenvalue weighted by Crippen LogP contribution is 2.14. The fourth-order valence-corrected chi connectivity index (χ4v) is 1.71. The molecule has 5 heteroatoms. The smallest absolute Gasteiger partial charge is 0.319 e. The van der Waals surface area contributed by atoms with Crippen molar-refractivity contribution < 1.29 is 14.6 Å². The third-order valence-corrected chi connectivity index (χ3v) is 2.76. The number of amides is 2. The van der Waals surface area contributed by atoms with Gasteiger partial charge in [0.1, 0.15) is 12.4 Å². The first-order valence-corrected chi connectivity index (χ1v) is 6.70. The molecular formula is C16H18N2O3. The Morgan fingerprint density at radius 3 is 2.43 bits per heavy atom. The summed E-state index contributed by atoms with van der Waals surface area (Å²) in [5.41, 5.74) is 1.70. The predicted molar refractivity (Wildman–Crippen MR) is 81.3 cm³/mol. The molecule has 0 bridgehead atoms. The van der Waals surface area contributed by atoms with Crippen molar-refractivity contribution in [3.63, 3.8) is 0 Å². The maximum absolute atomic E-state index is 11.4. The number of ether oxygens (including phenoxy) is 1. The first-order valence-electron chi connectivity index (χ1n) is 6.70.